The molecule has 0 aliphatic heterocycles. The maximum Gasteiger partial charge on any atom is 0.303 e. The standard InChI is InChI=1S/C17H22N2O3/c1-3-19-11-13(14-6-4-5-7-15(14)19)9-16(20)18-10-12(2)8-17(21)22/h4-7,11-12H,3,8-10H2,1-2H3,(H,18,20)(H,21,22). The van der Waals surface area contributed by atoms with Gasteiger partial charge in [0.05, 0.1) is 6.42 Å². The van der Waals surface area contributed by atoms with Crippen molar-refractivity contribution in [2.75, 3.05) is 6.54 Å². The number of aliphatic carboxylic acids is 1. The molecule has 0 spiro atoms. The Balaban J connectivity index is 2.01. The molecule has 2 aromatic rings. The van der Waals surface area contributed by atoms with Gasteiger partial charge in [0, 0.05) is 36.6 Å². The number of hydrogen-bond donors (Lipinski definition) is 2. The van der Waals surface area contributed by atoms with Gasteiger partial charge in [-0.25, -0.2) is 0 Å². The normalized spacial score (nSPS) is 12.3. The third-order valence-corrected chi connectivity index (χ3v) is 3.73. The molecule has 118 valence electrons. The van der Waals surface area contributed by atoms with Crippen LogP contribution in [0.3, 0.4) is 0 Å². The van der Waals surface area contributed by atoms with Crippen LogP contribution in [0.1, 0.15) is 25.8 Å². The molecule has 22 heavy (non-hydrogen) atoms. The molecule has 0 bridgehead atoms. The fourth-order valence-electron chi connectivity index (χ4n) is 2.62. The van der Waals surface area contributed by atoms with E-state index in [1.807, 2.05) is 31.3 Å². The van der Waals surface area contributed by atoms with Crippen molar-refractivity contribution in [3.8, 4) is 0 Å². The molecule has 1 heterocycles. The monoisotopic (exact) mass is 302 g/mol. The fraction of sp³-hybridized carbons (Fsp3) is 0.412. The first-order valence-corrected chi connectivity index (χ1v) is 7.56. The van der Waals surface area contributed by atoms with Crippen molar-refractivity contribution in [2.24, 2.45) is 5.92 Å². The number of rotatable bonds is 7. The van der Waals surface area contributed by atoms with Gasteiger partial charge in [0.2, 0.25) is 5.91 Å². The summed E-state index contributed by atoms with van der Waals surface area (Å²) in [4.78, 5) is 22.7. The summed E-state index contributed by atoms with van der Waals surface area (Å²) in [7, 11) is 0. The van der Waals surface area contributed by atoms with Crippen LogP contribution in [-0.4, -0.2) is 28.1 Å². The van der Waals surface area contributed by atoms with Crippen LogP contribution < -0.4 is 5.32 Å². The Morgan fingerprint density at radius 3 is 2.73 bits per heavy atom. The Morgan fingerprint density at radius 2 is 2.05 bits per heavy atom. The molecule has 2 N–H and O–H groups in total. The second kappa shape index (κ2) is 7.11. The fourth-order valence-corrected chi connectivity index (χ4v) is 2.62. The van der Waals surface area contributed by atoms with Gasteiger partial charge >= 0.3 is 5.97 Å². The van der Waals surface area contributed by atoms with E-state index in [0.29, 0.717) is 13.0 Å². The molecule has 1 aromatic heterocycles. The Labute approximate surface area is 129 Å². The average Bonchev–Trinajstić information content (AvgIpc) is 2.83. The number of aromatic nitrogens is 1. The lowest BCUT2D eigenvalue weighted by Gasteiger charge is -2.10. The number of hydrogen-bond acceptors (Lipinski definition) is 2. The highest BCUT2D eigenvalue weighted by Gasteiger charge is 2.13. The van der Waals surface area contributed by atoms with Gasteiger partial charge in [0.15, 0.2) is 0 Å². The Bertz CT molecular complexity index is 676. The third-order valence-electron chi connectivity index (χ3n) is 3.73. The minimum atomic E-state index is -0.840. The van der Waals surface area contributed by atoms with E-state index in [1.165, 1.54) is 0 Å². The van der Waals surface area contributed by atoms with Gasteiger partial charge < -0.3 is 15.0 Å². The highest BCUT2D eigenvalue weighted by molar-refractivity contribution is 5.89. The van der Waals surface area contributed by atoms with Gasteiger partial charge in [-0.15, -0.1) is 0 Å². The van der Waals surface area contributed by atoms with E-state index in [0.717, 1.165) is 23.0 Å². The molecule has 0 saturated heterocycles. The second-order valence-corrected chi connectivity index (χ2v) is 5.64. The number of nitrogens with one attached hydrogen (secondary N) is 1. The van der Waals surface area contributed by atoms with Crippen LogP contribution in [-0.2, 0) is 22.6 Å². The number of carboxylic acid groups (broad SMARTS) is 1. The van der Waals surface area contributed by atoms with Crippen LogP contribution in [0.25, 0.3) is 10.9 Å². The number of amides is 1. The molecule has 1 amide bonds. The van der Waals surface area contributed by atoms with Crippen LogP contribution in [0.2, 0.25) is 0 Å². The average molecular weight is 302 g/mol. The summed E-state index contributed by atoms with van der Waals surface area (Å²) in [5.74, 6) is -0.984. The molecule has 5 nitrogen and oxygen atoms in total. The smallest absolute Gasteiger partial charge is 0.303 e. The Kier molecular flexibility index (Phi) is 5.20. The van der Waals surface area contributed by atoms with Crippen LogP contribution in [0, 0.1) is 5.92 Å². The summed E-state index contributed by atoms with van der Waals surface area (Å²) < 4.78 is 2.13. The number of aryl methyl sites for hydroxylation is 1. The number of carbonyl (C=O) groups is 2. The number of carbonyl (C=O) groups excluding carboxylic acids is 1. The van der Waals surface area contributed by atoms with E-state index in [2.05, 4.69) is 22.9 Å². The van der Waals surface area contributed by atoms with E-state index >= 15 is 0 Å². The lowest BCUT2D eigenvalue weighted by atomic mass is 10.1. The van der Waals surface area contributed by atoms with Gasteiger partial charge in [-0.1, -0.05) is 25.1 Å². The summed E-state index contributed by atoms with van der Waals surface area (Å²) in [5.41, 5.74) is 2.13. The quantitative estimate of drug-likeness (QED) is 0.825. The molecule has 2 rings (SSSR count). The molecule has 0 saturated carbocycles. The zero-order chi connectivity index (χ0) is 16.1. The maximum absolute atomic E-state index is 12.1. The lowest BCUT2D eigenvalue weighted by molar-refractivity contribution is -0.138. The topological polar surface area (TPSA) is 71.3 Å². The van der Waals surface area contributed by atoms with Crippen molar-refractivity contribution in [2.45, 2.75) is 33.2 Å². The van der Waals surface area contributed by atoms with Gasteiger partial charge in [-0.05, 0) is 24.5 Å². The molecule has 1 unspecified atom stereocenters. The predicted molar refractivity (Wildman–Crippen MR) is 85.7 cm³/mol. The van der Waals surface area contributed by atoms with Crippen molar-refractivity contribution in [1.29, 1.82) is 0 Å². The molecular formula is C17H22N2O3. The van der Waals surface area contributed by atoms with Gasteiger partial charge in [-0.2, -0.15) is 0 Å². The predicted octanol–water partition coefficient (Wildman–Crippen LogP) is 2.43. The molecular weight excluding hydrogens is 280 g/mol. The number of benzene rings is 1. The van der Waals surface area contributed by atoms with E-state index in [1.54, 1.807) is 0 Å². The minimum absolute atomic E-state index is 0.0649. The molecule has 0 aliphatic carbocycles. The highest BCUT2D eigenvalue weighted by atomic mass is 16.4. The van der Waals surface area contributed by atoms with Crippen molar-refractivity contribution in [3.63, 3.8) is 0 Å². The number of nitrogens with zero attached hydrogens (tertiary/aromatic N) is 1. The van der Waals surface area contributed by atoms with E-state index in [-0.39, 0.29) is 18.2 Å². The first-order chi connectivity index (χ1) is 10.5. The zero-order valence-corrected chi connectivity index (χ0v) is 13.0. The van der Waals surface area contributed by atoms with Gasteiger partial charge in [0.1, 0.15) is 0 Å². The number of carboxylic acids is 1. The van der Waals surface area contributed by atoms with Crippen molar-refractivity contribution >= 4 is 22.8 Å². The molecule has 0 radical (unpaired) electrons. The number of para-hydroxylation sites is 1. The molecule has 5 heteroatoms. The summed E-state index contributed by atoms with van der Waals surface area (Å²) in [6.45, 7) is 5.14. The first kappa shape index (κ1) is 16.1. The SMILES string of the molecule is CCn1cc(CC(=O)NCC(C)CC(=O)O)c2ccccc21. The van der Waals surface area contributed by atoms with E-state index < -0.39 is 5.97 Å². The van der Waals surface area contributed by atoms with Crippen LogP contribution in [0.15, 0.2) is 30.5 Å². The van der Waals surface area contributed by atoms with Crippen LogP contribution in [0.4, 0.5) is 0 Å². The van der Waals surface area contributed by atoms with E-state index in [9.17, 15) is 9.59 Å². The Hall–Kier alpha value is -2.30. The van der Waals surface area contributed by atoms with Crippen molar-refractivity contribution < 1.29 is 14.7 Å². The third kappa shape index (κ3) is 3.87. The molecule has 0 aliphatic rings. The molecule has 1 aromatic carbocycles. The van der Waals surface area contributed by atoms with E-state index in [4.69, 9.17) is 5.11 Å². The highest BCUT2D eigenvalue weighted by Crippen LogP contribution is 2.21. The zero-order valence-electron chi connectivity index (χ0n) is 13.0. The van der Waals surface area contributed by atoms with Gasteiger partial charge in [-0.3, -0.25) is 9.59 Å². The first-order valence-electron chi connectivity index (χ1n) is 7.56. The molecule has 1 atom stereocenters. The summed E-state index contributed by atoms with van der Waals surface area (Å²) >= 11 is 0. The second-order valence-electron chi connectivity index (χ2n) is 5.64. The largest absolute Gasteiger partial charge is 0.481 e. The van der Waals surface area contributed by atoms with Crippen LogP contribution >= 0.6 is 0 Å². The Morgan fingerprint density at radius 1 is 1.32 bits per heavy atom. The van der Waals surface area contributed by atoms with Crippen LogP contribution in [0.5, 0.6) is 0 Å². The van der Waals surface area contributed by atoms with Crippen molar-refractivity contribution in [3.05, 3.63) is 36.0 Å². The summed E-state index contributed by atoms with van der Waals surface area (Å²) in [6.07, 6.45) is 2.40. The summed E-state index contributed by atoms with van der Waals surface area (Å²) in [6, 6.07) is 8.04. The van der Waals surface area contributed by atoms with Gasteiger partial charge in [0.25, 0.3) is 0 Å². The maximum atomic E-state index is 12.1. The molecule has 0 fully saturated rings. The van der Waals surface area contributed by atoms with Crippen molar-refractivity contribution in [1.82, 2.24) is 9.88 Å². The lowest BCUT2D eigenvalue weighted by Crippen LogP contribution is -2.30. The summed E-state index contributed by atoms with van der Waals surface area (Å²) in [5, 5.41) is 12.6. The minimum Gasteiger partial charge on any atom is -0.481 e. The number of fused-ring (bicyclic) bond motifs is 1.